The van der Waals surface area contributed by atoms with Crippen molar-refractivity contribution in [3.05, 3.63) is 88.9 Å². The number of halogens is 1. The Balaban J connectivity index is 1.60. The minimum absolute atomic E-state index is 0.386. The Morgan fingerprint density at radius 3 is 2.19 bits per heavy atom. The van der Waals surface area contributed by atoms with Crippen LogP contribution in [0.2, 0.25) is 0 Å². The lowest BCUT2D eigenvalue weighted by Crippen LogP contribution is -2.39. The number of carbonyl (C=O) groups is 1. The zero-order chi connectivity index (χ0) is 22.7. The Hall–Kier alpha value is -3.23. The first-order valence-electron chi connectivity index (χ1n) is 9.78. The standard InChI is InChI=1S/C24H20BrN3O3S/c1-32(30,31)28(20-10-6-9-19(25)14-20)16-24(29)27-26-15-23-21-11-4-2-7-17(21)13-18-8-3-5-12-22(18)23/h2-15H,16H2,1H3,(H,27,29)/b26-15+. The van der Waals surface area contributed by atoms with Gasteiger partial charge in [-0.25, -0.2) is 13.8 Å². The molecule has 0 bridgehead atoms. The van der Waals surface area contributed by atoms with E-state index in [9.17, 15) is 13.2 Å². The molecule has 0 heterocycles. The van der Waals surface area contributed by atoms with E-state index in [2.05, 4.69) is 32.5 Å². The minimum Gasteiger partial charge on any atom is -0.271 e. The SMILES string of the molecule is CS(=O)(=O)N(CC(=O)N/N=C/c1c2ccccc2cc2ccccc12)c1cccc(Br)c1. The fourth-order valence-electron chi connectivity index (χ4n) is 3.55. The molecule has 1 amide bonds. The molecular formula is C24H20BrN3O3S. The summed E-state index contributed by atoms with van der Waals surface area (Å²) >= 11 is 3.33. The van der Waals surface area contributed by atoms with E-state index >= 15 is 0 Å². The van der Waals surface area contributed by atoms with Crippen LogP contribution in [0.5, 0.6) is 0 Å². The van der Waals surface area contributed by atoms with Crippen molar-refractivity contribution in [3.63, 3.8) is 0 Å². The van der Waals surface area contributed by atoms with Crippen LogP contribution in [0.25, 0.3) is 21.5 Å². The van der Waals surface area contributed by atoms with E-state index in [-0.39, 0.29) is 6.54 Å². The number of hydrogen-bond donors (Lipinski definition) is 1. The summed E-state index contributed by atoms with van der Waals surface area (Å²) in [6.45, 7) is -0.386. The molecule has 1 N–H and O–H groups in total. The highest BCUT2D eigenvalue weighted by molar-refractivity contribution is 9.10. The van der Waals surface area contributed by atoms with Gasteiger partial charge in [-0.3, -0.25) is 9.10 Å². The van der Waals surface area contributed by atoms with E-state index < -0.39 is 15.9 Å². The van der Waals surface area contributed by atoms with Gasteiger partial charge in [0.2, 0.25) is 10.0 Å². The molecule has 0 aliphatic heterocycles. The van der Waals surface area contributed by atoms with Gasteiger partial charge in [0.25, 0.3) is 5.91 Å². The minimum atomic E-state index is -3.66. The molecule has 4 aromatic rings. The van der Waals surface area contributed by atoms with Crippen LogP contribution in [0, 0.1) is 0 Å². The van der Waals surface area contributed by atoms with Crippen LogP contribution < -0.4 is 9.73 Å². The van der Waals surface area contributed by atoms with Crippen LogP contribution in [0.15, 0.2) is 88.4 Å². The number of sulfonamides is 1. The normalized spacial score (nSPS) is 11.8. The van der Waals surface area contributed by atoms with Crippen molar-refractivity contribution in [1.29, 1.82) is 0 Å². The van der Waals surface area contributed by atoms with Crippen LogP contribution in [-0.4, -0.2) is 33.3 Å². The molecule has 0 aromatic heterocycles. The van der Waals surface area contributed by atoms with E-state index in [4.69, 9.17) is 0 Å². The van der Waals surface area contributed by atoms with Gasteiger partial charge < -0.3 is 0 Å². The zero-order valence-electron chi connectivity index (χ0n) is 17.2. The maximum absolute atomic E-state index is 12.5. The predicted molar refractivity (Wildman–Crippen MR) is 134 cm³/mol. The van der Waals surface area contributed by atoms with Crippen LogP contribution in [0.1, 0.15) is 5.56 Å². The number of nitrogens with one attached hydrogen (secondary N) is 1. The highest BCUT2D eigenvalue weighted by Crippen LogP contribution is 2.27. The van der Waals surface area contributed by atoms with Crippen molar-refractivity contribution < 1.29 is 13.2 Å². The van der Waals surface area contributed by atoms with E-state index in [0.29, 0.717) is 10.2 Å². The zero-order valence-corrected chi connectivity index (χ0v) is 19.6. The van der Waals surface area contributed by atoms with E-state index in [1.165, 1.54) is 0 Å². The largest absolute Gasteiger partial charge is 0.271 e. The second-order valence-corrected chi connectivity index (χ2v) is 10.1. The molecular weight excluding hydrogens is 490 g/mol. The van der Waals surface area contributed by atoms with Crippen LogP contribution >= 0.6 is 15.9 Å². The summed E-state index contributed by atoms with van der Waals surface area (Å²) in [5.41, 5.74) is 3.73. The van der Waals surface area contributed by atoms with Crippen molar-refractivity contribution in [3.8, 4) is 0 Å². The monoisotopic (exact) mass is 509 g/mol. The van der Waals surface area contributed by atoms with Crippen LogP contribution in [-0.2, 0) is 14.8 Å². The molecule has 0 spiro atoms. The second-order valence-electron chi connectivity index (χ2n) is 7.28. The van der Waals surface area contributed by atoms with Crippen molar-refractivity contribution >= 4 is 65.3 Å². The van der Waals surface area contributed by atoms with E-state index in [0.717, 1.165) is 37.7 Å². The third-order valence-electron chi connectivity index (χ3n) is 4.98. The highest BCUT2D eigenvalue weighted by Gasteiger charge is 2.20. The van der Waals surface area contributed by atoms with Gasteiger partial charge in [0.15, 0.2) is 0 Å². The summed E-state index contributed by atoms with van der Waals surface area (Å²) in [5, 5.41) is 8.29. The quantitative estimate of drug-likeness (QED) is 0.233. The molecule has 0 aliphatic rings. The molecule has 4 rings (SSSR count). The van der Waals surface area contributed by atoms with Crippen molar-refractivity contribution in [2.24, 2.45) is 5.10 Å². The maximum Gasteiger partial charge on any atom is 0.260 e. The van der Waals surface area contributed by atoms with Gasteiger partial charge in [-0.1, -0.05) is 70.5 Å². The number of rotatable bonds is 6. The number of benzene rings is 4. The average molecular weight is 510 g/mol. The molecule has 0 radical (unpaired) electrons. The first kappa shape index (κ1) is 22.0. The number of carbonyl (C=O) groups excluding carboxylic acids is 1. The number of hydrogen-bond acceptors (Lipinski definition) is 4. The smallest absolute Gasteiger partial charge is 0.260 e. The number of fused-ring (bicyclic) bond motifs is 2. The van der Waals surface area contributed by atoms with Gasteiger partial charge in [-0.2, -0.15) is 5.10 Å². The average Bonchev–Trinajstić information content (AvgIpc) is 2.76. The van der Waals surface area contributed by atoms with Gasteiger partial charge >= 0.3 is 0 Å². The molecule has 0 saturated carbocycles. The lowest BCUT2D eigenvalue weighted by atomic mass is 9.97. The van der Waals surface area contributed by atoms with Gasteiger partial charge in [0, 0.05) is 10.0 Å². The molecule has 0 unspecified atom stereocenters. The second kappa shape index (κ2) is 9.10. The molecule has 0 aliphatic carbocycles. The first-order chi connectivity index (χ1) is 15.3. The summed E-state index contributed by atoms with van der Waals surface area (Å²) < 4.78 is 26.3. The Labute approximate surface area is 194 Å². The molecule has 8 heteroatoms. The maximum atomic E-state index is 12.5. The molecule has 0 fully saturated rings. The molecule has 32 heavy (non-hydrogen) atoms. The number of amides is 1. The summed E-state index contributed by atoms with van der Waals surface area (Å²) in [5.74, 6) is -0.545. The number of hydrazone groups is 1. The third-order valence-corrected chi connectivity index (χ3v) is 6.61. The third kappa shape index (κ3) is 4.81. The van der Waals surface area contributed by atoms with Crippen molar-refractivity contribution in [1.82, 2.24) is 5.43 Å². The Kier molecular flexibility index (Phi) is 6.25. The van der Waals surface area contributed by atoms with Gasteiger partial charge in [0.05, 0.1) is 18.2 Å². The Bertz CT molecular complexity index is 1400. The Morgan fingerprint density at radius 2 is 1.59 bits per heavy atom. The van der Waals surface area contributed by atoms with Crippen molar-refractivity contribution in [2.75, 3.05) is 17.1 Å². The molecule has 6 nitrogen and oxygen atoms in total. The lowest BCUT2D eigenvalue weighted by Gasteiger charge is -2.21. The summed E-state index contributed by atoms with van der Waals surface area (Å²) in [4.78, 5) is 12.5. The fraction of sp³-hybridized carbons (Fsp3) is 0.0833. The predicted octanol–water partition coefficient (Wildman–Crippen LogP) is 4.67. The first-order valence-corrected chi connectivity index (χ1v) is 12.4. The van der Waals surface area contributed by atoms with Crippen LogP contribution in [0.3, 0.4) is 0 Å². The van der Waals surface area contributed by atoms with E-state index in [1.54, 1.807) is 30.5 Å². The van der Waals surface area contributed by atoms with Crippen LogP contribution in [0.4, 0.5) is 5.69 Å². The topological polar surface area (TPSA) is 78.8 Å². The van der Waals surface area contributed by atoms with Gasteiger partial charge in [-0.15, -0.1) is 0 Å². The number of anilines is 1. The van der Waals surface area contributed by atoms with Crippen molar-refractivity contribution in [2.45, 2.75) is 0 Å². The molecule has 0 saturated heterocycles. The van der Waals surface area contributed by atoms with Gasteiger partial charge in [0.1, 0.15) is 6.54 Å². The molecule has 0 atom stereocenters. The highest BCUT2D eigenvalue weighted by atomic mass is 79.9. The molecule has 4 aromatic carbocycles. The summed E-state index contributed by atoms with van der Waals surface area (Å²) in [7, 11) is -3.66. The fourth-order valence-corrected chi connectivity index (χ4v) is 4.79. The van der Waals surface area contributed by atoms with E-state index in [1.807, 2.05) is 48.5 Å². The molecule has 162 valence electrons. The Morgan fingerprint density at radius 1 is 0.969 bits per heavy atom. The van der Waals surface area contributed by atoms with Gasteiger partial charge in [-0.05, 0) is 45.8 Å². The number of nitrogens with zero attached hydrogens (tertiary/aromatic N) is 2. The summed E-state index contributed by atoms with van der Waals surface area (Å²) in [6.07, 6.45) is 2.67. The lowest BCUT2D eigenvalue weighted by molar-refractivity contribution is -0.119. The summed E-state index contributed by atoms with van der Waals surface area (Å²) in [6, 6.07) is 24.8.